The van der Waals surface area contributed by atoms with Crippen LogP contribution in [0.25, 0.3) is 11.0 Å². The highest BCUT2D eigenvalue weighted by Gasteiger charge is 2.13. The van der Waals surface area contributed by atoms with Gasteiger partial charge in [0.05, 0.1) is 11.0 Å². The van der Waals surface area contributed by atoms with Crippen LogP contribution < -0.4 is 4.74 Å². The molecule has 0 aliphatic heterocycles. The monoisotopic (exact) mass is 280 g/mol. The maximum atomic E-state index is 5.96. The van der Waals surface area contributed by atoms with Crippen LogP contribution in [0, 0.1) is 6.92 Å². The molecular formula is C18H20N2O. The molecule has 0 saturated heterocycles. The second kappa shape index (κ2) is 5.60. The molecule has 0 atom stereocenters. The molecule has 0 fully saturated rings. The number of rotatable bonds is 4. The van der Waals surface area contributed by atoms with Crippen molar-refractivity contribution in [2.45, 2.75) is 33.4 Å². The van der Waals surface area contributed by atoms with Crippen LogP contribution in [0.2, 0.25) is 0 Å². The third-order valence-corrected chi connectivity index (χ3v) is 3.64. The quantitative estimate of drug-likeness (QED) is 0.703. The number of ether oxygens (including phenoxy) is 1. The lowest BCUT2D eigenvalue weighted by molar-refractivity contribution is 0.285. The zero-order chi connectivity index (χ0) is 14.8. The van der Waals surface area contributed by atoms with Gasteiger partial charge in [-0.1, -0.05) is 30.3 Å². The predicted molar refractivity (Wildman–Crippen MR) is 85.6 cm³/mol. The van der Waals surface area contributed by atoms with Gasteiger partial charge in [0.15, 0.2) is 0 Å². The summed E-state index contributed by atoms with van der Waals surface area (Å²) in [6.45, 7) is 6.88. The molecule has 0 bridgehead atoms. The van der Waals surface area contributed by atoms with Crippen LogP contribution >= 0.6 is 0 Å². The second-order valence-electron chi connectivity index (χ2n) is 5.53. The van der Waals surface area contributed by atoms with Crippen LogP contribution in [0.15, 0.2) is 48.5 Å². The summed E-state index contributed by atoms with van der Waals surface area (Å²) in [6.07, 6.45) is 0. The Hall–Kier alpha value is -2.29. The summed E-state index contributed by atoms with van der Waals surface area (Å²) >= 11 is 0. The van der Waals surface area contributed by atoms with Crippen LogP contribution in [0.1, 0.15) is 31.3 Å². The molecule has 0 saturated carbocycles. The van der Waals surface area contributed by atoms with E-state index in [1.54, 1.807) is 0 Å². The van der Waals surface area contributed by atoms with Crippen LogP contribution in [-0.4, -0.2) is 9.55 Å². The fourth-order valence-electron chi connectivity index (χ4n) is 2.63. The Balaban J connectivity index is 1.93. The van der Waals surface area contributed by atoms with E-state index in [2.05, 4.69) is 43.5 Å². The fourth-order valence-corrected chi connectivity index (χ4v) is 2.63. The Labute approximate surface area is 125 Å². The van der Waals surface area contributed by atoms with E-state index in [9.17, 15) is 0 Å². The number of benzene rings is 2. The zero-order valence-electron chi connectivity index (χ0n) is 12.7. The summed E-state index contributed by atoms with van der Waals surface area (Å²) in [5, 5.41) is 0. The highest BCUT2D eigenvalue weighted by molar-refractivity contribution is 5.76. The average molecular weight is 280 g/mol. The van der Waals surface area contributed by atoms with E-state index >= 15 is 0 Å². The maximum Gasteiger partial charge on any atom is 0.148 e. The first-order valence-corrected chi connectivity index (χ1v) is 7.31. The summed E-state index contributed by atoms with van der Waals surface area (Å²) in [7, 11) is 0. The molecule has 0 amide bonds. The number of fused-ring (bicyclic) bond motifs is 1. The first kappa shape index (κ1) is 13.7. The minimum Gasteiger partial charge on any atom is -0.485 e. The molecule has 0 radical (unpaired) electrons. The molecule has 0 spiro atoms. The molecule has 1 heterocycles. The third kappa shape index (κ3) is 2.64. The summed E-state index contributed by atoms with van der Waals surface area (Å²) in [5.74, 6) is 1.88. The summed E-state index contributed by atoms with van der Waals surface area (Å²) in [4.78, 5) is 4.72. The molecule has 1 aromatic heterocycles. The number of para-hydroxylation sites is 3. The van der Waals surface area contributed by atoms with Crippen molar-refractivity contribution in [2.75, 3.05) is 0 Å². The number of nitrogens with zero attached hydrogens (tertiary/aromatic N) is 2. The van der Waals surface area contributed by atoms with Crippen molar-refractivity contribution in [3.8, 4) is 5.75 Å². The van der Waals surface area contributed by atoms with Gasteiger partial charge in [0.25, 0.3) is 0 Å². The molecule has 2 aromatic carbocycles. The predicted octanol–water partition coefficient (Wildman–Crippen LogP) is 4.50. The molecule has 0 aliphatic carbocycles. The van der Waals surface area contributed by atoms with E-state index in [0.717, 1.165) is 28.2 Å². The lowest BCUT2D eigenvalue weighted by Gasteiger charge is -2.14. The minimum absolute atomic E-state index is 0.355. The standard InChI is InChI=1S/C18H20N2O/c1-13(2)20-16-10-6-5-9-15(16)19-18(20)12-21-17-11-7-4-8-14(17)3/h4-11,13H,12H2,1-3H3. The van der Waals surface area contributed by atoms with Crippen LogP contribution in [-0.2, 0) is 6.61 Å². The number of hydrogen-bond acceptors (Lipinski definition) is 2. The lowest BCUT2D eigenvalue weighted by atomic mass is 10.2. The first-order valence-electron chi connectivity index (χ1n) is 7.31. The normalized spacial score (nSPS) is 11.2. The van der Waals surface area contributed by atoms with Gasteiger partial charge in [-0.15, -0.1) is 0 Å². The van der Waals surface area contributed by atoms with Gasteiger partial charge in [0.2, 0.25) is 0 Å². The molecular weight excluding hydrogens is 260 g/mol. The number of hydrogen-bond donors (Lipinski definition) is 0. The minimum atomic E-state index is 0.355. The van der Waals surface area contributed by atoms with Crippen molar-refractivity contribution in [2.24, 2.45) is 0 Å². The SMILES string of the molecule is Cc1ccccc1OCc1nc2ccccc2n1C(C)C. The van der Waals surface area contributed by atoms with Gasteiger partial charge in [-0.2, -0.15) is 0 Å². The van der Waals surface area contributed by atoms with Gasteiger partial charge in [0, 0.05) is 6.04 Å². The molecule has 0 aliphatic rings. The Bertz CT molecular complexity index is 759. The van der Waals surface area contributed by atoms with Crippen molar-refractivity contribution in [1.82, 2.24) is 9.55 Å². The van der Waals surface area contributed by atoms with Crippen molar-refractivity contribution in [3.05, 3.63) is 59.9 Å². The van der Waals surface area contributed by atoms with Crippen molar-refractivity contribution >= 4 is 11.0 Å². The highest BCUT2D eigenvalue weighted by atomic mass is 16.5. The summed E-state index contributed by atoms with van der Waals surface area (Å²) in [6, 6.07) is 16.6. The molecule has 0 unspecified atom stereocenters. The highest BCUT2D eigenvalue weighted by Crippen LogP contribution is 2.23. The van der Waals surface area contributed by atoms with Gasteiger partial charge in [-0.25, -0.2) is 4.98 Å². The van der Waals surface area contributed by atoms with Crippen LogP contribution in [0.5, 0.6) is 5.75 Å². The lowest BCUT2D eigenvalue weighted by Crippen LogP contribution is -2.09. The second-order valence-corrected chi connectivity index (χ2v) is 5.53. The Morgan fingerprint density at radius 3 is 2.52 bits per heavy atom. The molecule has 21 heavy (non-hydrogen) atoms. The van der Waals surface area contributed by atoms with Gasteiger partial charge in [-0.3, -0.25) is 0 Å². The van der Waals surface area contributed by atoms with Crippen molar-refractivity contribution in [1.29, 1.82) is 0 Å². The number of aromatic nitrogens is 2. The molecule has 108 valence electrons. The summed E-state index contributed by atoms with van der Waals surface area (Å²) < 4.78 is 8.20. The third-order valence-electron chi connectivity index (χ3n) is 3.64. The molecule has 3 heteroatoms. The molecule has 3 aromatic rings. The Kier molecular flexibility index (Phi) is 3.65. The van der Waals surface area contributed by atoms with E-state index in [-0.39, 0.29) is 0 Å². The Morgan fingerprint density at radius 2 is 1.76 bits per heavy atom. The average Bonchev–Trinajstić information content (AvgIpc) is 2.85. The van der Waals surface area contributed by atoms with Gasteiger partial charge in [0.1, 0.15) is 18.2 Å². The first-order chi connectivity index (χ1) is 10.2. The fraction of sp³-hybridized carbons (Fsp3) is 0.278. The van der Waals surface area contributed by atoms with E-state index in [4.69, 9.17) is 9.72 Å². The maximum absolute atomic E-state index is 5.96. The van der Waals surface area contributed by atoms with Crippen LogP contribution in [0.4, 0.5) is 0 Å². The molecule has 0 N–H and O–H groups in total. The van der Waals surface area contributed by atoms with E-state index in [1.807, 2.05) is 30.3 Å². The van der Waals surface area contributed by atoms with Crippen molar-refractivity contribution in [3.63, 3.8) is 0 Å². The topological polar surface area (TPSA) is 27.1 Å². The van der Waals surface area contributed by atoms with Crippen molar-refractivity contribution < 1.29 is 4.74 Å². The molecule has 3 rings (SSSR count). The van der Waals surface area contributed by atoms with Gasteiger partial charge in [-0.05, 0) is 44.5 Å². The van der Waals surface area contributed by atoms with E-state index in [0.29, 0.717) is 12.6 Å². The van der Waals surface area contributed by atoms with E-state index < -0.39 is 0 Å². The largest absolute Gasteiger partial charge is 0.485 e. The van der Waals surface area contributed by atoms with E-state index in [1.165, 1.54) is 0 Å². The summed E-state index contributed by atoms with van der Waals surface area (Å²) in [5.41, 5.74) is 3.33. The van der Waals surface area contributed by atoms with Gasteiger partial charge < -0.3 is 9.30 Å². The molecule has 3 nitrogen and oxygen atoms in total. The van der Waals surface area contributed by atoms with Crippen LogP contribution in [0.3, 0.4) is 0 Å². The number of imidazole rings is 1. The number of aryl methyl sites for hydroxylation is 1. The Morgan fingerprint density at radius 1 is 1.05 bits per heavy atom. The van der Waals surface area contributed by atoms with Gasteiger partial charge >= 0.3 is 0 Å². The smallest absolute Gasteiger partial charge is 0.148 e. The zero-order valence-corrected chi connectivity index (χ0v) is 12.7.